The Hall–Kier alpha value is -1.20. The van der Waals surface area contributed by atoms with Gasteiger partial charge in [0.1, 0.15) is 11.8 Å². The quantitative estimate of drug-likeness (QED) is 0.654. The van der Waals surface area contributed by atoms with Crippen LogP contribution in [0.4, 0.5) is 0 Å². The summed E-state index contributed by atoms with van der Waals surface area (Å²) in [4.78, 5) is 0. The van der Waals surface area contributed by atoms with Crippen molar-refractivity contribution in [3.63, 3.8) is 0 Å². The molecule has 1 rings (SSSR count). The van der Waals surface area contributed by atoms with Gasteiger partial charge in [0, 0.05) is 5.02 Å². The molecule has 0 spiro atoms. The SMILES string of the molecule is CCCCCCC(C)Oc1ccc(Cl)cc1C#N. The van der Waals surface area contributed by atoms with Crippen molar-refractivity contribution in [2.45, 2.75) is 52.1 Å². The number of rotatable bonds is 7. The fourth-order valence-electron chi connectivity index (χ4n) is 1.83. The third kappa shape index (κ3) is 4.98. The molecule has 0 saturated carbocycles. The van der Waals surface area contributed by atoms with Gasteiger partial charge in [-0.3, -0.25) is 0 Å². The van der Waals surface area contributed by atoms with Crippen LogP contribution in [0, 0.1) is 11.3 Å². The molecule has 0 heterocycles. The fourth-order valence-corrected chi connectivity index (χ4v) is 2.00. The minimum absolute atomic E-state index is 0.134. The molecule has 1 unspecified atom stereocenters. The van der Waals surface area contributed by atoms with Crippen LogP contribution in [0.15, 0.2) is 18.2 Å². The van der Waals surface area contributed by atoms with Crippen molar-refractivity contribution in [2.24, 2.45) is 0 Å². The summed E-state index contributed by atoms with van der Waals surface area (Å²) < 4.78 is 5.79. The van der Waals surface area contributed by atoms with E-state index < -0.39 is 0 Å². The predicted molar refractivity (Wildman–Crippen MR) is 75.0 cm³/mol. The molecule has 0 amide bonds. The minimum Gasteiger partial charge on any atom is -0.489 e. The van der Waals surface area contributed by atoms with Crippen LogP contribution in [0.25, 0.3) is 0 Å². The topological polar surface area (TPSA) is 33.0 Å². The summed E-state index contributed by atoms with van der Waals surface area (Å²) >= 11 is 5.84. The average Bonchev–Trinajstić information content (AvgIpc) is 2.37. The summed E-state index contributed by atoms with van der Waals surface area (Å²) in [6.07, 6.45) is 6.09. The van der Waals surface area contributed by atoms with Crippen LogP contribution in [0.2, 0.25) is 5.02 Å². The highest BCUT2D eigenvalue weighted by Crippen LogP contribution is 2.24. The lowest BCUT2D eigenvalue weighted by Gasteiger charge is -2.15. The molecule has 18 heavy (non-hydrogen) atoms. The van der Waals surface area contributed by atoms with E-state index in [1.165, 1.54) is 25.7 Å². The van der Waals surface area contributed by atoms with E-state index in [1.54, 1.807) is 18.2 Å². The maximum atomic E-state index is 9.01. The largest absolute Gasteiger partial charge is 0.489 e. The van der Waals surface area contributed by atoms with E-state index in [0.717, 1.165) is 6.42 Å². The molecule has 3 heteroatoms. The van der Waals surface area contributed by atoms with Crippen molar-refractivity contribution in [2.75, 3.05) is 0 Å². The van der Waals surface area contributed by atoms with Gasteiger partial charge >= 0.3 is 0 Å². The number of halogens is 1. The number of hydrogen-bond acceptors (Lipinski definition) is 2. The number of nitrogens with zero attached hydrogens (tertiary/aromatic N) is 1. The lowest BCUT2D eigenvalue weighted by molar-refractivity contribution is 0.206. The van der Waals surface area contributed by atoms with Gasteiger partial charge < -0.3 is 4.74 Å². The third-order valence-electron chi connectivity index (χ3n) is 2.85. The molecule has 0 aliphatic carbocycles. The molecule has 0 bridgehead atoms. The number of unbranched alkanes of at least 4 members (excludes halogenated alkanes) is 3. The molecule has 0 N–H and O–H groups in total. The molecule has 1 aromatic rings. The lowest BCUT2D eigenvalue weighted by atomic mass is 10.1. The van der Waals surface area contributed by atoms with Gasteiger partial charge in [0.05, 0.1) is 11.7 Å². The molecule has 98 valence electrons. The van der Waals surface area contributed by atoms with Gasteiger partial charge in [-0.05, 0) is 38.0 Å². The number of nitriles is 1. The Kier molecular flexibility index (Phi) is 6.60. The van der Waals surface area contributed by atoms with Gasteiger partial charge in [0.2, 0.25) is 0 Å². The van der Waals surface area contributed by atoms with Crippen molar-refractivity contribution in [1.82, 2.24) is 0 Å². The summed E-state index contributed by atoms with van der Waals surface area (Å²) in [5.74, 6) is 0.630. The Morgan fingerprint density at radius 2 is 2.11 bits per heavy atom. The van der Waals surface area contributed by atoms with E-state index in [0.29, 0.717) is 16.3 Å². The highest BCUT2D eigenvalue weighted by molar-refractivity contribution is 6.30. The van der Waals surface area contributed by atoms with E-state index in [2.05, 4.69) is 13.0 Å². The smallest absolute Gasteiger partial charge is 0.137 e. The Balaban J connectivity index is 2.49. The second-order valence-electron chi connectivity index (χ2n) is 4.53. The zero-order valence-corrected chi connectivity index (χ0v) is 11.8. The molecule has 1 aromatic carbocycles. The minimum atomic E-state index is 0.134. The molecule has 2 nitrogen and oxygen atoms in total. The summed E-state index contributed by atoms with van der Waals surface area (Å²) in [5.41, 5.74) is 0.503. The van der Waals surface area contributed by atoms with Crippen LogP contribution in [-0.4, -0.2) is 6.10 Å². The normalized spacial score (nSPS) is 11.9. The molecular formula is C15H20ClNO. The standard InChI is InChI=1S/C15H20ClNO/c1-3-4-5-6-7-12(2)18-15-9-8-14(16)10-13(15)11-17/h8-10,12H,3-7H2,1-2H3. The zero-order valence-electron chi connectivity index (χ0n) is 11.1. The van der Waals surface area contributed by atoms with E-state index in [4.69, 9.17) is 21.6 Å². The molecule has 1 atom stereocenters. The highest BCUT2D eigenvalue weighted by atomic mass is 35.5. The van der Waals surface area contributed by atoms with Crippen molar-refractivity contribution >= 4 is 11.6 Å². The van der Waals surface area contributed by atoms with Crippen LogP contribution in [0.3, 0.4) is 0 Å². The first kappa shape index (κ1) is 14.9. The van der Waals surface area contributed by atoms with Crippen molar-refractivity contribution in [1.29, 1.82) is 5.26 Å². The fraction of sp³-hybridized carbons (Fsp3) is 0.533. The van der Waals surface area contributed by atoms with Crippen molar-refractivity contribution in [3.05, 3.63) is 28.8 Å². The molecule has 0 aliphatic rings. The van der Waals surface area contributed by atoms with E-state index in [-0.39, 0.29) is 6.10 Å². The van der Waals surface area contributed by atoms with Gasteiger partial charge in [-0.1, -0.05) is 37.8 Å². The number of benzene rings is 1. The first-order chi connectivity index (χ1) is 8.67. The Morgan fingerprint density at radius 1 is 1.33 bits per heavy atom. The van der Waals surface area contributed by atoms with Gasteiger partial charge in [0.25, 0.3) is 0 Å². The first-order valence-electron chi connectivity index (χ1n) is 6.53. The summed E-state index contributed by atoms with van der Waals surface area (Å²) in [6, 6.07) is 7.27. The summed E-state index contributed by atoms with van der Waals surface area (Å²) in [7, 11) is 0. The van der Waals surface area contributed by atoms with Crippen LogP contribution in [-0.2, 0) is 0 Å². The van der Waals surface area contributed by atoms with E-state index >= 15 is 0 Å². The maximum Gasteiger partial charge on any atom is 0.137 e. The predicted octanol–water partition coefficient (Wildman–Crippen LogP) is 4.95. The Morgan fingerprint density at radius 3 is 2.78 bits per heavy atom. The second kappa shape index (κ2) is 8.00. The van der Waals surface area contributed by atoms with Crippen LogP contribution >= 0.6 is 11.6 Å². The van der Waals surface area contributed by atoms with Crippen molar-refractivity contribution < 1.29 is 4.74 Å². The van der Waals surface area contributed by atoms with Crippen LogP contribution < -0.4 is 4.74 Å². The van der Waals surface area contributed by atoms with Gasteiger partial charge in [-0.15, -0.1) is 0 Å². The average molecular weight is 266 g/mol. The van der Waals surface area contributed by atoms with Crippen LogP contribution in [0.1, 0.15) is 51.5 Å². The van der Waals surface area contributed by atoms with E-state index in [9.17, 15) is 0 Å². The van der Waals surface area contributed by atoms with Gasteiger partial charge in [-0.25, -0.2) is 0 Å². The Bertz CT molecular complexity index is 411. The lowest BCUT2D eigenvalue weighted by Crippen LogP contribution is -2.12. The monoisotopic (exact) mass is 265 g/mol. The summed E-state index contributed by atoms with van der Waals surface area (Å²) in [6.45, 7) is 4.24. The van der Waals surface area contributed by atoms with Crippen molar-refractivity contribution in [3.8, 4) is 11.8 Å². The molecule has 0 saturated heterocycles. The van der Waals surface area contributed by atoms with Gasteiger partial charge in [0.15, 0.2) is 0 Å². The molecule has 0 aliphatic heterocycles. The highest BCUT2D eigenvalue weighted by Gasteiger charge is 2.08. The molecule has 0 radical (unpaired) electrons. The number of ether oxygens (including phenoxy) is 1. The molecular weight excluding hydrogens is 246 g/mol. The number of hydrogen-bond donors (Lipinski definition) is 0. The Labute approximate surface area is 115 Å². The maximum absolute atomic E-state index is 9.01. The second-order valence-corrected chi connectivity index (χ2v) is 4.97. The summed E-state index contributed by atoms with van der Waals surface area (Å²) in [5, 5.41) is 9.58. The first-order valence-corrected chi connectivity index (χ1v) is 6.91. The third-order valence-corrected chi connectivity index (χ3v) is 3.09. The molecule has 0 fully saturated rings. The molecule has 0 aromatic heterocycles. The zero-order chi connectivity index (χ0) is 13.4. The van der Waals surface area contributed by atoms with Crippen LogP contribution in [0.5, 0.6) is 5.75 Å². The van der Waals surface area contributed by atoms with Gasteiger partial charge in [-0.2, -0.15) is 5.26 Å². The van der Waals surface area contributed by atoms with E-state index in [1.807, 2.05) is 6.92 Å².